The van der Waals surface area contributed by atoms with Crippen LogP contribution in [-0.4, -0.2) is 25.7 Å². The van der Waals surface area contributed by atoms with E-state index >= 15 is 0 Å². The molecule has 4 aromatic rings. The van der Waals surface area contributed by atoms with E-state index in [9.17, 15) is 4.57 Å². The van der Waals surface area contributed by atoms with Gasteiger partial charge in [-0.2, -0.15) is 0 Å². The molecule has 0 spiro atoms. The van der Waals surface area contributed by atoms with E-state index in [1.54, 1.807) is 14.2 Å². The van der Waals surface area contributed by atoms with Crippen molar-refractivity contribution in [1.29, 1.82) is 0 Å². The summed E-state index contributed by atoms with van der Waals surface area (Å²) in [6.45, 7) is 6.06. The van der Waals surface area contributed by atoms with Crippen LogP contribution < -0.4 is 19.5 Å². The Morgan fingerprint density at radius 1 is 0.722 bits per heavy atom. The van der Waals surface area contributed by atoms with Gasteiger partial charge in [0.2, 0.25) is 0 Å². The van der Waals surface area contributed by atoms with Gasteiger partial charge in [-0.1, -0.05) is 93.6 Å². The van der Waals surface area contributed by atoms with Crippen molar-refractivity contribution < 1.29 is 18.8 Å². The highest BCUT2D eigenvalue weighted by Gasteiger charge is 2.47. The monoisotopic (exact) mass is 498 g/mol. The molecule has 4 nitrogen and oxygen atoms in total. The number of ether oxygens (including phenoxy) is 3. The predicted octanol–water partition coefficient (Wildman–Crippen LogP) is 7.84. The molecule has 5 heteroatoms. The SMILES string of the molecule is COc1c(-c2ccccc2)cc(-c2ccccc2)c(OC)c1-c1cccc2c1[P@](=O)(C(C)(C)C)CO2. The van der Waals surface area contributed by atoms with Gasteiger partial charge in [0.1, 0.15) is 23.6 Å². The number of methoxy groups -OCH3 is 2. The third-order valence-corrected chi connectivity index (χ3v) is 10.8. The Morgan fingerprint density at radius 3 is 1.72 bits per heavy atom. The molecule has 5 rings (SSSR count). The van der Waals surface area contributed by atoms with E-state index in [4.69, 9.17) is 14.2 Å². The molecule has 4 aromatic carbocycles. The molecule has 0 amide bonds. The maximum atomic E-state index is 14.6. The molecule has 184 valence electrons. The van der Waals surface area contributed by atoms with Crippen LogP contribution in [0.4, 0.5) is 0 Å². The van der Waals surface area contributed by atoms with Gasteiger partial charge in [0.05, 0.1) is 25.1 Å². The summed E-state index contributed by atoms with van der Waals surface area (Å²) in [7, 11) is 0.438. The number of fused-ring (bicyclic) bond motifs is 1. The summed E-state index contributed by atoms with van der Waals surface area (Å²) in [5.74, 6) is 2.03. The molecule has 0 fully saturated rings. The Balaban J connectivity index is 1.93. The van der Waals surface area contributed by atoms with E-state index < -0.39 is 12.3 Å². The smallest absolute Gasteiger partial charge is 0.160 e. The lowest BCUT2D eigenvalue weighted by molar-refractivity contribution is 0.389. The topological polar surface area (TPSA) is 44.8 Å². The number of rotatable bonds is 5. The molecule has 0 unspecified atom stereocenters. The molecule has 0 N–H and O–H groups in total. The third-order valence-electron chi connectivity index (χ3n) is 6.92. The zero-order chi connectivity index (χ0) is 25.5. The molecule has 0 aliphatic carbocycles. The molecule has 0 radical (unpaired) electrons. The molecule has 0 aromatic heterocycles. The Hall–Kier alpha value is -3.49. The molecule has 0 bridgehead atoms. The summed E-state index contributed by atoms with van der Waals surface area (Å²) in [4.78, 5) is 0. The van der Waals surface area contributed by atoms with Crippen LogP contribution in [0, 0.1) is 0 Å². The zero-order valence-electron chi connectivity index (χ0n) is 21.4. The Morgan fingerprint density at radius 2 is 1.25 bits per heavy atom. The van der Waals surface area contributed by atoms with Crippen LogP contribution >= 0.6 is 7.14 Å². The van der Waals surface area contributed by atoms with Crippen molar-refractivity contribution in [3.8, 4) is 50.6 Å². The van der Waals surface area contributed by atoms with Gasteiger partial charge in [-0.3, -0.25) is 0 Å². The maximum absolute atomic E-state index is 14.6. The van der Waals surface area contributed by atoms with Gasteiger partial charge in [-0.15, -0.1) is 0 Å². The molecule has 0 saturated carbocycles. The van der Waals surface area contributed by atoms with Crippen LogP contribution in [0.25, 0.3) is 33.4 Å². The quantitative estimate of drug-likeness (QED) is 0.263. The van der Waals surface area contributed by atoms with Gasteiger partial charge in [0.25, 0.3) is 0 Å². The number of hydrogen-bond donors (Lipinski definition) is 0. The third kappa shape index (κ3) is 3.81. The molecule has 36 heavy (non-hydrogen) atoms. The Labute approximate surface area is 213 Å². The standard InChI is InChI=1S/C31H31O4P/c1-31(2,3)36(32)20-35-26-18-12-17-23(30(26)36)27-28(33-4)24(21-13-8-6-9-14-21)19-25(29(27)34-5)22-15-10-7-11-16-22/h6-19H,20H2,1-5H3/t36-/m0/s1. The number of benzene rings is 4. The minimum Gasteiger partial charge on any atom is -0.495 e. The van der Waals surface area contributed by atoms with Crippen LogP contribution in [0.3, 0.4) is 0 Å². The van der Waals surface area contributed by atoms with E-state index in [0.29, 0.717) is 17.2 Å². The minimum atomic E-state index is -2.92. The van der Waals surface area contributed by atoms with Crippen LogP contribution in [0.2, 0.25) is 0 Å². The Bertz CT molecular complexity index is 1390. The highest BCUT2D eigenvalue weighted by Crippen LogP contribution is 2.64. The fourth-order valence-electron chi connectivity index (χ4n) is 4.95. The molecule has 1 aliphatic heterocycles. The molecule has 1 heterocycles. The second-order valence-electron chi connectivity index (χ2n) is 9.98. The molecule has 1 atom stereocenters. The normalized spacial score (nSPS) is 16.8. The summed E-state index contributed by atoms with van der Waals surface area (Å²) < 4.78 is 32.8. The molecular formula is C31H31O4P. The van der Waals surface area contributed by atoms with Gasteiger partial charge in [-0.25, -0.2) is 0 Å². The molecule has 1 aliphatic rings. The second kappa shape index (κ2) is 9.19. The van der Waals surface area contributed by atoms with Gasteiger partial charge in [0.15, 0.2) is 7.14 Å². The van der Waals surface area contributed by atoms with Crippen molar-refractivity contribution in [1.82, 2.24) is 0 Å². The highest BCUT2D eigenvalue weighted by molar-refractivity contribution is 7.73. The van der Waals surface area contributed by atoms with Crippen molar-refractivity contribution in [2.24, 2.45) is 0 Å². The van der Waals surface area contributed by atoms with Gasteiger partial charge < -0.3 is 18.8 Å². The average molecular weight is 499 g/mol. The lowest BCUT2D eigenvalue weighted by Crippen LogP contribution is -2.23. The van der Waals surface area contributed by atoms with E-state index in [1.807, 2.05) is 75.4 Å². The van der Waals surface area contributed by atoms with Crippen LogP contribution in [0.1, 0.15) is 20.8 Å². The summed E-state index contributed by atoms with van der Waals surface area (Å²) in [5.41, 5.74) is 5.54. The first kappa shape index (κ1) is 24.2. The van der Waals surface area contributed by atoms with E-state index in [1.165, 1.54) is 0 Å². The first-order valence-electron chi connectivity index (χ1n) is 12.1. The number of hydrogen-bond acceptors (Lipinski definition) is 4. The van der Waals surface area contributed by atoms with E-state index in [-0.39, 0.29) is 6.35 Å². The maximum Gasteiger partial charge on any atom is 0.160 e. The van der Waals surface area contributed by atoms with Crippen LogP contribution in [0.5, 0.6) is 17.2 Å². The van der Waals surface area contributed by atoms with Crippen molar-refractivity contribution in [2.75, 3.05) is 20.6 Å². The fourth-order valence-corrected chi connectivity index (χ4v) is 7.53. The van der Waals surface area contributed by atoms with Gasteiger partial charge in [0, 0.05) is 21.8 Å². The van der Waals surface area contributed by atoms with Gasteiger partial charge >= 0.3 is 0 Å². The van der Waals surface area contributed by atoms with Crippen LogP contribution in [-0.2, 0) is 4.57 Å². The van der Waals surface area contributed by atoms with Crippen molar-refractivity contribution in [3.05, 3.63) is 84.9 Å². The van der Waals surface area contributed by atoms with Crippen molar-refractivity contribution in [3.63, 3.8) is 0 Å². The first-order chi connectivity index (χ1) is 17.3. The summed E-state index contributed by atoms with van der Waals surface area (Å²) in [6, 6.07) is 28.3. The van der Waals surface area contributed by atoms with Crippen LogP contribution in [0.15, 0.2) is 84.9 Å². The Kier molecular flexibility index (Phi) is 6.18. The lowest BCUT2D eigenvalue weighted by atomic mass is 9.90. The average Bonchev–Trinajstić information content (AvgIpc) is 3.26. The van der Waals surface area contributed by atoms with Crippen molar-refractivity contribution in [2.45, 2.75) is 25.9 Å². The van der Waals surface area contributed by atoms with E-state index in [2.05, 4.69) is 30.3 Å². The summed E-state index contributed by atoms with van der Waals surface area (Å²) in [5, 5.41) is 0.298. The zero-order valence-corrected chi connectivity index (χ0v) is 22.3. The van der Waals surface area contributed by atoms with E-state index in [0.717, 1.165) is 38.7 Å². The van der Waals surface area contributed by atoms with Crippen molar-refractivity contribution >= 4 is 12.4 Å². The van der Waals surface area contributed by atoms with Gasteiger partial charge in [-0.05, 0) is 23.3 Å². The lowest BCUT2D eigenvalue weighted by Gasteiger charge is -2.29. The highest BCUT2D eigenvalue weighted by atomic mass is 31.2. The fraction of sp³-hybridized carbons (Fsp3) is 0.226. The largest absolute Gasteiger partial charge is 0.495 e. The predicted molar refractivity (Wildman–Crippen MR) is 148 cm³/mol. The summed E-state index contributed by atoms with van der Waals surface area (Å²) >= 11 is 0. The first-order valence-corrected chi connectivity index (χ1v) is 13.9. The molecule has 0 saturated heterocycles. The minimum absolute atomic E-state index is 0.192. The molecular weight excluding hydrogens is 467 g/mol. The summed E-state index contributed by atoms with van der Waals surface area (Å²) in [6.07, 6.45) is 0.192. The second-order valence-corrected chi connectivity index (χ2v) is 13.5.